The first-order valence-corrected chi connectivity index (χ1v) is 10.8. The Hall–Kier alpha value is -3.39. The summed E-state index contributed by atoms with van der Waals surface area (Å²) >= 11 is 1.02. The van der Waals surface area contributed by atoms with Gasteiger partial charge >= 0.3 is 0 Å². The van der Waals surface area contributed by atoms with Gasteiger partial charge in [-0.3, -0.25) is 14.9 Å². The lowest BCUT2D eigenvalue weighted by Gasteiger charge is -2.04. The average Bonchev–Trinajstić information content (AvgIpc) is 3.44. The summed E-state index contributed by atoms with van der Waals surface area (Å²) in [6.07, 6.45) is 1.82. The minimum absolute atomic E-state index is 0.244. The van der Waals surface area contributed by atoms with E-state index in [1.807, 2.05) is 55.5 Å². The van der Waals surface area contributed by atoms with E-state index in [-0.39, 0.29) is 11.1 Å². The van der Waals surface area contributed by atoms with Gasteiger partial charge in [-0.15, -0.1) is 0 Å². The van der Waals surface area contributed by atoms with Crippen molar-refractivity contribution in [3.8, 4) is 11.5 Å². The summed E-state index contributed by atoms with van der Waals surface area (Å²) < 4.78 is 11.4. The van der Waals surface area contributed by atoms with Crippen molar-refractivity contribution >= 4 is 33.9 Å². The van der Waals surface area contributed by atoms with Gasteiger partial charge in [0.2, 0.25) is 11.8 Å². The number of imide groups is 1. The molecule has 0 saturated carbocycles. The molecule has 5 rings (SSSR count). The average molecular weight is 433 g/mol. The van der Waals surface area contributed by atoms with Crippen molar-refractivity contribution in [3.63, 3.8) is 0 Å². The summed E-state index contributed by atoms with van der Waals surface area (Å²) in [5, 5.41) is 6.79. The molecular formula is C23H19N3O4S. The fourth-order valence-corrected chi connectivity index (χ4v) is 4.54. The van der Waals surface area contributed by atoms with E-state index in [1.54, 1.807) is 0 Å². The first-order valence-electron chi connectivity index (χ1n) is 9.97. The van der Waals surface area contributed by atoms with Gasteiger partial charge in [0.05, 0.1) is 16.6 Å². The number of aromatic nitrogens is 2. The number of amides is 2. The van der Waals surface area contributed by atoms with E-state index in [0.717, 1.165) is 45.4 Å². The highest BCUT2D eigenvalue weighted by molar-refractivity contribution is 8.15. The molecule has 2 aromatic carbocycles. The van der Waals surface area contributed by atoms with Crippen LogP contribution in [0.4, 0.5) is 4.79 Å². The normalized spacial score (nSPS) is 16.2. The Morgan fingerprint density at radius 2 is 1.87 bits per heavy atom. The predicted molar refractivity (Wildman–Crippen MR) is 117 cm³/mol. The highest BCUT2D eigenvalue weighted by Gasteiger charge is 2.31. The summed E-state index contributed by atoms with van der Waals surface area (Å²) in [6, 6.07) is 15.6. The third-order valence-electron chi connectivity index (χ3n) is 5.31. The van der Waals surface area contributed by atoms with Crippen LogP contribution >= 0.6 is 11.8 Å². The standard InChI is InChI=1S/C23H19N3O4S/c1-13-17(24-22(29-13)15-5-3-2-4-6-15)9-10-18-16-8-7-14(11-19(16)30-26-18)12-20-21(27)25-23(28)31-20/h2-8,11,20H,9-10,12H2,1H3,(H,25,27,28). The zero-order valence-electron chi connectivity index (χ0n) is 16.8. The van der Waals surface area contributed by atoms with E-state index in [4.69, 9.17) is 8.94 Å². The number of benzene rings is 2. The molecule has 4 aromatic rings. The summed E-state index contributed by atoms with van der Waals surface area (Å²) in [5.41, 5.74) is 4.31. The molecule has 1 aliphatic heterocycles. The molecule has 1 N–H and O–H groups in total. The van der Waals surface area contributed by atoms with Gasteiger partial charge in [0, 0.05) is 10.9 Å². The molecule has 31 heavy (non-hydrogen) atoms. The summed E-state index contributed by atoms with van der Waals surface area (Å²) in [6.45, 7) is 1.92. The van der Waals surface area contributed by atoms with E-state index in [0.29, 0.717) is 30.7 Å². The van der Waals surface area contributed by atoms with E-state index in [2.05, 4.69) is 15.5 Å². The Labute approximate surface area is 182 Å². The summed E-state index contributed by atoms with van der Waals surface area (Å²) in [7, 11) is 0. The Morgan fingerprint density at radius 1 is 1.06 bits per heavy atom. The maximum atomic E-state index is 11.8. The number of nitrogens with zero attached hydrogens (tertiary/aromatic N) is 2. The van der Waals surface area contributed by atoms with Crippen LogP contribution in [-0.4, -0.2) is 26.5 Å². The molecule has 1 unspecified atom stereocenters. The molecular weight excluding hydrogens is 414 g/mol. The molecule has 0 radical (unpaired) electrons. The number of carbonyl (C=O) groups excluding carboxylic acids is 2. The van der Waals surface area contributed by atoms with Crippen molar-refractivity contribution in [1.29, 1.82) is 0 Å². The van der Waals surface area contributed by atoms with Crippen LogP contribution in [-0.2, 0) is 24.1 Å². The van der Waals surface area contributed by atoms with Crippen molar-refractivity contribution in [1.82, 2.24) is 15.5 Å². The summed E-state index contributed by atoms with van der Waals surface area (Å²) in [5.74, 6) is 1.18. The highest BCUT2D eigenvalue weighted by atomic mass is 32.2. The van der Waals surface area contributed by atoms with Crippen LogP contribution in [0.15, 0.2) is 57.5 Å². The van der Waals surface area contributed by atoms with Gasteiger partial charge in [-0.05, 0) is 56.0 Å². The maximum Gasteiger partial charge on any atom is 0.286 e. The molecule has 1 saturated heterocycles. The first-order chi connectivity index (χ1) is 15.1. The number of carbonyl (C=O) groups is 2. The second kappa shape index (κ2) is 8.03. The Balaban J connectivity index is 1.30. The van der Waals surface area contributed by atoms with E-state index < -0.39 is 5.25 Å². The Bertz CT molecular complexity index is 1280. The van der Waals surface area contributed by atoms with Crippen LogP contribution < -0.4 is 5.32 Å². The van der Waals surface area contributed by atoms with Gasteiger partial charge in [0.1, 0.15) is 5.76 Å². The number of fused-ring (bicyclic) bond motifs is 1. The summed E-state index contributed by atoms with van der Waals surface area (Å²) in [4.78, 5) is 27.8. The third kappa shape index (κ3) is 3.98. The fraction of sp³-hybridized carbons (Fsp3) is 0.217. The minimum atomic E-state index is -0.402. The quantitative estimate of drug-likeness (QED) is 0.479. The molecule has 3 heterocycles. The molecule has 0 aliphatic carbocycles. The van der Waals surface area contributed by atoms with Gasteiger partial charge in [0.15, 0.2) is 5.58 Å². The van der Waals surface area contributed by atoms with Crippen LogP contribution in [0.2, 0.25) is 0 Å². The number of thioether (sulfide) groups is 1. The van der Waals surface area contributed by atoms with E-state index >= 15 is 0 Å². The van der Waals surface area contributed by atoms with Crippen molar-refractivity contribution in [2.75, 3.05) is 0 Å². The lowest BCUT2D eigenvalue weighted by molar-refractivity contribution is -0.118. The number of oxazole rings is 1. The van der Waals surface area contributed by atoms with Gasteiger partial charge in [-0.25, -0.2) is 4.98 Å². The molecule has 2 amide bonds. The molecule has 7 nitrogen and oxygen atoms in total. The second-order valence-electron chi connectivity index (χ2n) is 7.44. The van der Waals surface area contributed by atoms with Crippen LogP contribution in [0, 0.1) is 6.92 Å². The van der Waals surface area contributed by atoms with Crippen molar-refractivity contribution in [2.45, 2.75) is 31.4 Å². The molecule has 0 bridgehead atoms. The number of hydrogen-bond donors (Lipinski definition) is 1. The van der Waals surface area contributed by atoms with Crippen molar-refractivity contribution < 1.29 is 18.5 Å². The van der Waals surface area contributed by atoms with Crippen molar-refractivity contribution in [3.05, 3.63) is 71.2 Å². The topological polar surface area (TPSA) is 98.2 Å². The number of hydrogen-bond acceptors (Lipinski definition) is 7. The van der Waals surface area contributed by atoms with Gasteiger partial charge < -0.3 is 8.94 Å². The minimum Gasteiger partial charge on any atom is -0.441 e. The van der Waals surface area contributed by atoms with Crippen LogP contribution in [0.5, 0.6) is 0 Å². The van der Waals surface area contributed by atoms with Crippen LogP contribution in [0.3, 0.4) is 0 Å². The first kappa shape index (κ1) is 19.6. The molecule has 1 atom stereocenters. The number of nitrogens with one attached hydrogen (secondary N) is 1. The molecule has 8 heteroatoms. The zero-order chi connectivity index (χ0) is 21.4. The lowest BCUT2D eigenvalue weighted by Crippen LogP contribution is -2.25. The van der Waals surface area contributed by atoms with Crippen molar-refractivity contribution in [2.24, 2.45) is 0 Å². The Morgan fingerprint density at radius 3 is 2.65 bits per heavy atom. The van der Waals surface area contributed by atoms with Crippen LogP contribution in [0.25, 0.3) is 22.4 Å². The molecule has 1 fully saturated rings. The maximum absolute atomic E-state index is 11.8. The molecule has 156 valence electrons. The number of rotatable bonds is 6. The van der Waals surface area contributed by atoms with Gasteiger partial charge in [-0.1, -0.05) is 41.2 Å². The Kier molecular flexibility index (Phi) is 5.07. The number of aryl methyl sites for hydroxylation is 3. The van der Waals surface area contributed by atoms with E-state index in [9.17, 15) is 9.59 Å². The van der Waals surface area contributed by atoms with Gasteiger partial charge in [0.25, 0.3) is 5.24 Å². The molecule has 0 spiro atoms. The smallest absolute Gasteiger partial charge is 0.286 e. The SMILES string of the molecule is Cc1oc(-c2ccccc2)nc1CCc1noc2cc(CC3SC(=O)NC3=O)ccc12. The molecule has 2 aromatic heterocycles. The lowest BCUT2D eigenvalue weighted by atomic mass is 10.0. The molecule has 1 aliphatic rings. The zero-order valence-corrected chi connectivity index (χ0v) is 17.6. The van der Waals surface area contributed by atoms with Gasteiger partial charge in [-0.2, -0.15) is 0 Å². The second-order valence-corrected chi connectivity index (χ2v) is 8.61. The largest absolute Gasteiger partial charge is 0.441 e. The fourth-order valence-electron chi connectivity index (χ4n) is 3.68. The predicted octanol–water partition coefficient (Wildman–Crippen LogP) is 4.47. The monoisotopic (exact) mass is 433 g/mol. The highest BCUT2D eigenvalue weighted by Crippen LogP contribution is 2.27. The third-order valence-corrected chi connectivity index (χ3v) is 6.29. The van der Waals surface area contributed by atoms with E-state index in [1.165, 1.54) is 0 Å². The van der Waals surface area contributed by atoms with Crippen LogP contribution in [0.1, 0.15) is 22.7 Å².